The zero-order valence-electron chi connectivity index (χ0n) is 8.11. The summed E-state index contributed by atoms with van der Waals surface area (Å²) in [5.74, 6) is -0.374. The van der Waals surface area contributed by atoms with Crippen LogP contribution in [0.3, 0.4) is 0 Å². The molecule has 2 aromatic heterocycles. The molecule has 0 N–H and O–H groups in total. The van der Waals surface area contributed by atoms with E-state index >= 15 is 0 Å². The Morgan fingerprint density at radius 1 is 1.60 bits per heavy atom. The first kappa shape index (κ1) is 10.4. The van der Waals surface area contributed by atoms with Crippen molar-refractivity contribution in [3.05, 3.63) is 33.9 Å². The lowest BCUT2D eigenvalue weighted by Gasteiger charge is -1.99. The Kier molecular flexibility index (Phi) is 2.90. The highest BCUT2D eigenvalue weighted by atomic mass is 127. The van der Waals surface area contributed by atoms with Crippen molar-refractivity contribution in [2.45, 2.75) is 6.92 Å². The molecule has 78 valence electrons. The van der Waals surface area contributed by atoms with Crippen molar-refractivity contribution in [1.82, 2.24) is 9.38 Å². The van der Waals surface area contributed by atoms with Crippen LogP contribution in [0.5, 0.6) is 0 Å². The summed E-state index contributed by atoms with van der Waals surface area (Å²) in [6, 6.07) is 3.79. The molecule has 0 fully saturated rings. The summed E-state index contributed by atoms with van der Waals surface area (Å²) in [4.78, 5) is 15.5. The van der Waals surface area contributed by atoms with Crippen LogP contribution in [0.4, 0.5) is 0 Å². The first-order chi connectivity index (χ1) is 7.22. The van der Waals surface area contributed by atoms with Gasteiger partial charge in [-0.1, -0.05) is 0 Å². The Bertz CT molecular complexity index is 507. The van der Waals surface area contributed by atoms with Crippen LogP contribution < -0.4 is 0 Å². The lowest BCUT2D eigenvalue weighted by atomic mass is 10.3. The number of carbonyl (C=O) groups is 1. The van der Waals surface area contributed by atoms with E-state index in [1.807, 2.05) is 22.7 Å². The summed E-state index contributed by atoms with van der Waals surface area (Å²) in [5, 5.41) is 0. The van der Waals surface area contributed by atoms with Gasteiger partial charge < -0.3 is 9.14 Å². The van der Waals surface area contributed by atoms with Crippen molar-refractivity contribution in [2.24, 2.45) is 0 Å². The van der Waals surface area contributed by atoms with E-state index in [1.165, 1.54) is 0 Å². The Labute approximate surface area is 100 Å². The van der Waals surface area contributed by atoms with Crippen LogP contribution in [-0.2, 0) is 4.74 Å². The molecule has 0 saturated heterocycles. The van der Waals surface area contributed by atoms with Gasteiger partial charge in [-0.05, 0) is 41.6 Å². The standard InChI is InChI=1S/C10H9IN2O2/c1-2-15-10(14)9-8-4-3-7(11)5-13(8)6-12-9/h3-6H,2H2,1H3. The first-order valence-electron chi connectivity index (χ1n) is 4.51. The van der Waals surface area contributed by atoms with Crippen molar-refractivity contribution in [3.8, 4) is 0 Å². The van der Waals surface area contributed by atoms with Gasteiger partial charge in [0.1, 0.15) is 6.33 Å². The summed E-state index contributed by atoms with van der Waals surface area (Å²) < 4.78 is 7.81. The number of ether oxygens (including phenoxy) is 1. The predicted molar refractivity (Wildman–Crippen MR) is 63.9 cm³/mol. The quantitative estimate of drug-likeness (QED) is 0.630. The van der Waals surface area contributed by atoms with Gasteiger partial charge in [0.05, 0.1) is 12.1 Å². The molecule has 0 bridgehead atoms. The number of hydrogen-bond donors (Lipinski definition) is 0. The number of carbonyl (C=O) groups excluding carboxylic acids is 1. The molecule has 2 heterocycles. The van der Waals surface area contributed by atoms with Gasteiger partial charge in [-0.2, -0.15) is 0 Å². The first-order valence-corrected chi connectivity index (χ1v) is 5.59. The Morgan fingerprint density at radius 2 is 2.40 bits per heavy atom. The number of aromatic nitrogens is 2. The average molecular weight is 316 g/mol. The van der Waals surface area contributed by atoms with Gasteiger partial charge in [0.15, 0.2) is 5.69 Å². The minimum Gasteiger partial charge on any atom is -0.461 e. The SMILES string of the molecule is CCOC(=O)c1ncn2cc(I)ccc12. The third-order valence-corrected chi connectivity index (χ3v) is 2.60. The normalized spacial score (nSPS) is 10.5. The summed E-state index contributed by atoms with van der Waals surface area (Å²) in [7, 11) is 0. The maximum Gasteiger partial charge on any atom is 0.359 e. The van der Waals surface area contributed by atoms with Gasteiger partial charge in [-0.15, -0.1) is 0 Å². The molecule has 2 rings (SSSR count). The highest BCUT2D eigenvalue weighted by molar-refractivity contribution is 14.1. The minimum absolute atomic E-state index is 0.363. The lowest BCUT2D eigenvalue weighted by molar-refractivity contribution is 0.0522. The van der Waals surface area contributed by atoms with Gasteiger partial charge in [-0.25, -0.2) is 9.78 Å². The second-order valence-corrected chi connectivity index (χ2v) is 4.20. The van der Waals surface area contributed by atoms with Crippen molar-refractivity contribution in [2.75, 3.05) is 6.61 Å². The monoisotopic (exact) mass is 316 g/mol. The molecule has 0 radical (unpaired) electrons. The van der Waals surface area contributed by atoms with Crippen LogP contribution in [0.1, 0.15) is 17.4 Å². The van der Waals surface area contributed by atoms with E-state index in [9.17, 15) is 4.79 Å². The largest absolute Gasteiger partial charge is 0.461 e. The van der Waals surface area contributed by atoms with Crippen molar-refractivity contribution >= 4 is 34.1 Å². The van der Waals surface area contributed by atoms with Crippen LogP contribution in [0, 0.1) is 3.57 Å². The van der Waals surface area contributed by atoms with Crippen LogP contribution in [0.2, 0.25) is 0 Å². The topological polar surface area (TPSA) is 43.6 Å². The Morgan fingerprint density at radius 3 is 3.13 bits per heavy atom. The molecule has 5 heteroatoms. The van der Waals surface area contributed by atoms with Crippen LogP contribution in [-0.4, -0.2) is 22.0 Å². The highest BCUT2D eigenvalue weighted by Crippen LogP contribution is 2.13. The Balaban J connectivity index is 2.49. The van der Waals surface area contributed by atoms with E-state index < -0.39 is 0 Å². The molecular formula is C10H9IN2O2. The molecular weight excluding hydrogens is 307 g/mol. The summed E-state index contributed by atoms with van der Waals surface area (Å²) >= 11 is 2.21. The Hall–Kier alpha value is -1.11. The zero-order chi connectivity index (χ0) is 10.8. The fourth-order valence-corrected chi connectivity index (χ4v) is 1.81. The van der Waals surface area contributed by atoms with Crippen LogP contribution >= 0.6 is 22.6 Å². The highest BCUT2D eigenvalue weighted by Gasteiger charge is 2.13. The molecule has 0 unspecified atom stereocenters. The second kappa shape index (κ2) is 4.18. The van der Waals surface area contributed by atoms with Gasteiger partial charge in [0, 0.05) is 9.77 Å². The number of imidazole rings is 1. The lowest BCUT2D eigenvalue weighted by Crippen LogP contribution is -2.05. The molecule has 4 nitrogen and oxygen atoms in total. The number of nitrogens with zero attached hydrogens (tertiary/aromatic N) is 2. The van der Waals surface area contributed by atoms with Gasteiger partial charge >= 0.3 is 5.97 Å². The number of hydrogen-bond acceptors (Lipinski definition) is 3. The zero-order valence-corrected chi connectivity index (χ0v) is 10.3. The fraction of sp³-hybridized carbons (Fsp3) is 0.200. The van der Waals surface area contributed by atoms with E-state index in [0.717, 1.165) is 9.09 Å². The second-order valence-electron chi connectivity index (χ2n) is 2.95. The van der Waals surface area contributed by atoms with Crippen LogP contribution in [0.25, 0.3) is 5.52 Å². The minimum atomic E-state index is -0.374. The molecule has 0 aromatic carbocycles. The van der Waals surface area contributed by atoms with E-state index in [4.69, 9.17) is 4.74 Å². The molecule has 0 atom stereocenters. The molecule has 0 saturated carbocycles. The summed E-state index contributed by atoms with van der Waals surface area (Å²) in [6.07, 6.45) is 3.52. The molecule has 0 aliphatic carbocycles. The van der Waals surface area contributed by atoms with Crippen molar-refractivity contribution in [3.63, 3.8) is 0 Å². The van der Waals surface area contributed by atoms with E-state index in [1.54, 1.807) is 13.3 Å². The van der Waals surface area contributed by atoms with Crippen LogP contribution in [0.15, 0.2) is 24.7 Å². The molecule has 0 aliphatic rings. The predicted octanol–water partition coefficient (Wildman–Crippen LogP) is 2.12. The maximum atomic E-state index is 11.5. The van der Waals surface area contributed by atoms with E-state index in [2.05, 4.69) is 27.6 Å². The summed E-state index contributed by atoms with van der Waals surface area (Å²) in [6.45, 7) is 2.14. The fourth-order valence-electron chi connectivity index (χ4n) is 1.33. The molecule has 2 aromatic rings. The third-order valence-electron chi connectivity index (χ3n) is 1.96. The number of rotatable bonds is 2. The third kappa shape index (κ3) is 1.97. The van der Waals surface area contributed by atoms with E-state index in [-0.39, 0.29) is 5.97 Å². The number of fused-ring (bicyclic) bond motifs is 1. The molecule has 0 amide bonds. The van der Waals surface area contributed by atoms with Crippen molar-refractivity contribution in [1.29, 1.82) is 0 Å². The van der Waals surface area contributed by atoms with Gasteiger partial charge in [-0.3, -0.25) is 0 Å². The average Bonchev–Trinajstić information content (AvgIpc) is 2.60. The van der Waals surface area contributed by atoms with E-state index in [0.29, 0.717) is 12.3 Å². The molecule has 15 heavy (non-hydrogen) atoms. The number of pyridine rings is 1. The van der Waals surface area contributed by atoms with Crippen molar-refractivity contribution < 1.29 is 9.53 Å². The number of halogens is 1. The smallest absolute Gasteiger partial charge is 0.359 e. The molecule has 0 aliphatic heterocycles. The molecule has 0 spiro atoms. The summed E-state index contributed by atoms with van der Waals surface area (Å²) in [5.41, 5.74) is 1.14. The van der Waals surface area contributed by atoms with Gasteiger partial charge in [0.25, 0.3) is 0 Å². The maximum absolute atomic E-state index is 11.5. The van der Waals surface area contributed by atoms with Gasteiger partial charge in [0.2, 0.25) is 0 Å². The number of esters is 1.